The Kier molecular flexibility index (Phi) is 4.74. The van der Waals surface area contributed by atoms with Crippen LogP contribution in [0.25, 0.3) is 0 Å². The van der Waals surface area contributed by atoms with Crippen molar-refractivity contribution in [1.29, 1.82) is 0 Å². The van der Waals surface area contributed by atoms with Gasteiger partial charge in [-0.25, -0.2) is 4.79 Å². The molecule has 0 aliphatic rings. The minimum absolute atomic E-state index is 0.288. The zero-order chi connectivity index (χ0) is 13.7. The quantitative estimate of drug-likeness (QED) is 0.796. The summed E-state index contributed by atoms with van der Waals surface area (Å²) in [5.41, 5.74) is 2.91. The van der Waals surface area contributed by atoms with Crippen molar-refractivity contribution in [2.24, 2.45) is 0 Å². The summed E-state index contributed by atoms with van der Waals surface area (Å²) in [5, 5.41) is 0. The summed E-state index contributed by atoms with van der Waals surface area (Å²) in [6.45, 7) is 0. The molecule has 98 valence electrons. The van der Waals surface area contributed by atoms with Crippen LogP contribution in [0, 0.1) is 0 Å². The molecule has 2 nitrogen and oxygen atoms in total. The van der Waals surface area contributed by atoms with Gasteiger partial charge in [-0.2, -0.15) is 0 Å². The molecular formula is C16H15BrO2. The minimum atomic E-state index is -0.288. The number of methoxy groups -OCH3 is 1. The fourth-order valence-corrected chi connectivity index (χ4v) is 2.35. The number of carbonyl (C=O) groups is 1. The van der Waals surface area contributed by atoms with E-state index in [9.17, 15) is 4.79 Å². The largest absolute Gasteiger partial charge is 0.465 e. The average molecular weight is 319 g/mol. The van der Waals surface area contributed by atoms with Crippen LogP contribution < -0.4 is 0 Å². The van der Waals surface area contributed by atoms with Crippen LogP contribution in [0.2, 0.25) is 0 Å². The van der Waals surface area contributed by atoms with Gasteiger partial charge in [-0.1, -0.05) is 52.3 Å². The van der Waals surface area contributed by atoms with Gasteiger partial charge in [0.05, 0.1) is 12.7 Å². The SMILES string of the molecule is COC(=O)c1cc(Br)ccc1CCc1ccccc1. The molecule has 0 heterocycles. The predicted molar refractivity (Wildman–Crippen MR) is 79.3 cm³/mol. The van der Waals surface area contributed by atoms with Crippen LogP contribution in [0.1, 0.15) is 21.5 Å². The van der Waals surface area contributed by atoms with Crippen molar-refractivity contribution in [3.63, 3.8) is 0 Å². The Labute approximate surface area is 121 Å². The molecular weight excluding hydrogens is 304 g/mol. The predicted octanol–water partition coefficient (Wildman–Crippen LogP) is 4.02. The van der Waals surface area contributed by atoms with E-state index in [-0.39, 0.29) is 5.97 Å². The lowest BCUT2D eigenvalue weighted by Crippen LogP contribution is -2.06. The summed E-state index contributed by atoms with van der Waals surface area (Å²) >= 11 is 3.38. The van der Waals surface area contributed by atoms with Crippen LogP contribution in [-0.4, -0.2) is 13.1 Å². The van der Waals surface area contributed by atoms with Crippen LogP contribution in [0.15, 0.2) is 53.0 Å². The molecule has 0 unspecified atom stereocenters. The van der Waals surface area contributed by atoms with Gasteiger partial charge >= 0.3 is 5.97 Å². The number of carbonyl (C=O) groups excluding carboxylic acids is 1. The Morgan fingerprint density at radius 2 is 1.84 bits per heavy atom. The third-order valence-electron chi connectivity index (χ3n) is 3.00. The summed E-state index contributed by atoms with van der Waals surface area (Å²) < 4.78 is 5.71. The molecule has 19 heavy (non-hydrogen) atoms. The van der Waals surface area contributed by atoms with Crippen molar-refractivity contribution in [2.75, 3.05) is 7.11 Å². The van der Waals surface area contributed by atoms with E-state index in [1.165, 1.54) is 12.7 Å². The first-order chi connectivity index (χ1) is 9.20. The molecule has 0 radical (unpaired) electrons. The van der Waals surface area contributed by atoms with Crippen molar-refractivity contribution in [3.05, 3.63) is 69.7 Å². The number of ether oxygens (including phenoxy) is 1. The smallest absolute Gasteiger partial charge is 0.338 e. The van der Waals surface area contributed by atoms with Gasteiger partial charge in [0.15, 0.2) is 0 Å². The van der Waals surface area contributed by atoms with Crippen LogP contribution in [-0.2, 0) is 17.6 Å². The molecule has 0 fully saturated rings. The molecule has 0 N–H and O–H groups in total. The highest BCUT2D eigenvalue weighted by molar-refractivity contribution is 9.10. The maximum Gasteiger partial charge on any atom is 0.338 e. The highest BCUT2D eigenvalue weighted by Crippen LogP contribution is 2.19. The number of hydrogen-bond acceptors (Lipinski definition) is 2. The van der Waals surface area contributed by atoms with Gasteiger partial charge in [0.2, 0.25) is 0 Å². The molecule has 2 aromatic carbocycles. The monoisotopic (exact) mass is 318 g/mol. The molecule has 0 aliphatic carbocycles. The zero-order valence-electron chi connectivity index (χ0n) is 10.7. The highest BCUT2D eigenvalue weighted by atomic mass is 79.9. The van der Waals surface area contributed by atoms with Gasteiger partial charge in [0.25, 0.3) is 0 Å². The van der Waals surface area contributed by atoms with Gasteiger partial charge in [-0.15, -0.1) is 0 Å². The van der Waals surface area contributed by atoms with Crippen molar-refractivity contribution < 1.29 is 9.53 Å². The molecule has 0 spiro atoms. The Morgan fingerprint density at radius 1 is 1.11 bits per heavy atom. The number of halogens is 1. The van der Waals surface area contributed by atoms with E-state index in [0.717, 1.165) is 22.9 Å². The topological polar surface area (TPSA) is 26.3 Å². The van der Waals surface area contributed by atoms with Crippen LogP contribution in [0.4, 0.5) is 0 Å². The van der Waals surface area contributed by atoms with Crippen molar-refractivity contribution in [1.82, 2.24) is 0 Å². The van der Waals surface area contributed by atoms with Gasteiger partial charge in [-0.05, 0) is 36.1 Å². The van der Waals surface area contributed by atoms with E-state index in [2.05, 4.69) is 28.1 Å². The van der Waals surface area contributed by atoms with Crippen molar-refractivity contribution >= 4 is 21.9 Å². The lowest BCUT2D eigenvalue weighted by atomic mass is 10.00. The second-order valence-electron chi connectivity index (χ2n) is 4.28. The van der Waals surface area contributed by atoms with Crippen molar-refractivity contribution in [3.8, 4) is 0 Å². The molecule has 0 amide bonds. The number of esters is 1. The maximum absolute atomic E-state index is 11.8. The first-order valence-electron chi connectivity index (χ1n) is 6.11. The summed E-state index contributed by atoms with van der Waals surface area (Å²) in [6, 6.07) is 16.0. The maximum atomic E-state index is 11.8. The lowest BCUT2D eigenvalue weighted by molar-refractivity contribution is 0.0599. The third-order valence-corrected chi connectivity index (χ3v) is 3.50. The first kappa shape index (κ1) is 13.8. The normalized spacial score (nSPS) is 10.2. The lowest BCUT2D eigenvalue weighted by Gasteiger charge is -2.08. The summed E-state index contributed by atoms with van der Waals surface area (Å²) in [6.07, 6.45) is 1.73. The third kappa shape index (κ3) is 3.67. The minimum Gasteiger partial charge on any atom is -0.465 e. The molecule has 2 rings (SSSR count). The van der Waals surface area contributed by atoms with Gasteiger partial charge < -0.3 is 4.74 Å². The molecule has 0 atom stereocenters. The first-order valence-corrected chi connectivity index (χ1v) is 6.90. The Balaban J connectivity index is 2.18. The van der Waals surface area contributed by atoms with Gasteiger partial charge in [0, 0.05) is 4.47 Å². The Morgan fingerprint density at radius 3 is 2.53 bits per heavy atom. The standard InChI is InChI=1S/C16H15BrO2/c1-19-16(18)15-11-14(17)10-9-13(15)8-7-12-5-3-2-4-6-12/h2-6,9-11H,7-8H2,1H3. The second kappa shape index (κ2) is 6.53. The van der Waals surface area contributed by atoms with E-state index in [1.807, 2.05) is 36.4 Å². The highest BCUT2D eigenvalue weighted by Gasteiger charge is 2.12. The molecule has 3 heteroatoms. The fraction of sp³-hybridized carbons (Fsp3) is 0.188. The van der Waals surface area contributed by atoms with E-state index >= 15 is 0 Å². The average Bonchev–Trinajstić information content (AvgIpc) is 2.46. The van der Waals surface area contributed by atoms with Crippen LogP contribution in [0.3, 0.4) is 0 Å². The summed E-state index contributed by atoms with van der Waals surface area (Å²) in [5.74, 6) is -0.288. The summed E-state index contributed by atoms with van der Waals surface area (Å²) in [7, 11) is 1.41. The number of hydrogen-bond donors (Lipinski definition) is 0. The molecule has 0 aliphatic heterocycles. The van der Waals surface area contributed by atoms with E-state index < -0.39 is 0 Å². The molecule has 0 aromatic heterocycles. The van der Waals surface area contributed by atoms with Gasteiger partial charge in [0.1, 0.15) is 0 Å². The summed E-state index contributed by atoms with van der Waals surface area (Å²) in [4.78, 5) is 11.8. The number of benzene rings is 2. The van der Waals surface area contributed by atoms with Crippen molar-refractivity contribution in [2.45, 2.75) is 12.8 Å². The molecule has 0 bridgehead atoms. The van der Waals surface area contributed by atoms with E-state index in [0.29, 0.717) is 5.56 Å². The van der Waals surface area contributed by atoms with E-state index in [4.69, 9.17) is 4.74 Å². The van der Waals surface area contributed by atoms with Gasteiger partial charge in [-0.3, -0.25) is 0 Å². The molecule has 0 saturated carbocycles. The molecule has 0 saturated heterocycles. The Hall–Kier alpha value is -1.61. The molecule has 2 aromatic rings. The van der Waals surface area contributed by atoms with E-state index in [1.54, 1.807) is 0 Å². The van der Waals surface area contributed by atoms with Crippen LogP contribution >= 0.6 is 15.9 Å². The second-order valence-corrected chi connectivity index (χ2v) is 5.19. The Bertz CT molecular complexity index is 564. The fourth-order valence-electron chi connectivity index (χ4n) is 1.99. The van der Waals surface area contributed by atoms with Crippen LogP contribution in [0.5, 0.6) is 0 Å². The number of rotatable bonds is 4. The zero-order valence-corrected chi connectivity index (χ0v) is 12.3. The number of aryl methyl sites for hydroxylation is 2.